The summed E-state index contributed by atoms with van der Waals surface area (Å²) in [6, 6.07) is 13.4. The normalized spacial score (nSPS) is 11.0. The number of amides is 1. The minimum absolute atomic E-state index is 0.103. The van der Waals surface area contributed by atoms with Gasteiger partial charge in [0.2, 0.25) is 5.91 Å². The second-order valence-corrected chi connectivity index (χ2v) is 8.21. The number of carbonyl (C=O) groups is 1. The van der Waals surface area contributed by atoms with Crippen LogP contribution in [0.3, 0.4) is 0 Å². The zero-order valence-electron chi connectivity index (χ0n) is 16.5. The SMILES string of the molecule is Cc1cccc(NC(=O)CSc2ncnc3c2nnn3Cc2ccc(Cl)cc2)c1C. The van der Waals surface area contributed by atoms with Gasteiger partial charge in [-0.15, -0.1) is 5.10 Å². The zero-order chi connectivity index (χ0) is 21.1. The van der Waals surface area contributed by atoms with Crippen LogP contribution in [0.2, 0.25) is 5.02 Å². The van der Waals surface area contributed by atoms with Gasteiger partial charge in [-0.25, -0.2) is 14.6 Å². The first-order valence-electron chi connectivity index (χ1n) is 9.29. The highest BCUT2D eigenvalue weighted by Gasteiger charge is 2.14. The molecule has 0 bridgehead atoms. The topological polar surface area (TPSA) is 85.6 Å². The Morgan fingerprint density at radius 3 is 2.73 bits per heavy atom. The van der Waals surface area contributed by atoms with E-state index in [9.17, 15) is 4.79 Å². The Morgan fingerprint density at radius 2 is 1.93 bits per heavy atom. The molecule has 0 fully saturated rings. The van der Waals surface area contributed by atoms with E-state index < -0.39 is 0 Å². The molecule has 2 aromatic heterocycles. The van der Waals surface area contributed by atoms with E-state index in [4.69, 9.17) is 11.6 Å². The van der Waals surface area contributed by atoms with E-state index >= 15 is 0 Å². The van der Waals surface area contributed by atoms with E-state index in [1.54, 1.807) is 4.68 Å². The predicted molar refractivity (Wildman–Crippen MR) is 119 cm³/mol. The number of carbonyl (C=O) groups excluding carboxylic acids is 1. The van der Waals surface area contributed by atoms with E-state index in [2.05, 4.69) is 25.6 Å². The van der Waals surface area contributed by atoms with E-state index in [1.165, 1.54) is 18.1 Å². The fraction of sp³-hybridized carbons (Fsp3) is 0.190. The van der Waals surface area contributed by atoms with Gasteiger partial charge in [0.25, 0.3) is 0 Å². The molecule has 4 aromatic rings. The standard InChI is InChI=1S/C21H19ClN6OS/c1-13-4-3-5-17(14(13)2)25-18(29)11-30-21-19-20(23-12-24-21)28(27-26-19)10-15-6-8-16(22)9-7-15/h3-9,12H,10-11H2,1-2H3,(H,25,29). The molecule has 0 saturated heterocycles. The molecular formula is C21H19ClN6OS. The molecule has 0 spiro atoms. The van der Waals surface area contributed by atoms with Gasteiger partial charge in [-0.2, -0.15) is 0 Å². The van der Waals surface area contributed by atoms with Crippen LogP contribution in [0.25, 0.3) is 11.2 Å². The lowest BCUT2D eigenvalue weighted by atomic mass is 10.1. The summed E-state index contributed by atoms with van der Waals surface area (Å²) in [5, 5.41) is 12.7. The fourth-order valence-electron chi connectivity index (χ4n) is 2.95. The van der Waals surface area contributed by atoms with Gasteiger partial charge in [0.05, 0.1) is 12.3 Å². The molecule has 2 aromatic carbocycles. The first-order chi connectivity index (χ1) is 14.5. The largest absolute Gasteiger partial charge is 0.325 e. The second kappa shape index (κ2) is 8.81. The summed E-state index contributed by atoms with van der Waals surface area (Å²) < 4.78 is 1.71. The van der Waals surface area contributed by atoms with Crippen molar-refractivity contribution in [1.82, 2.24) is 25.0 Å². The molecule has 152 valence electrons. The summed E-state index contributed by atoms with van der Waals surface area (Å²) in [4.78, 5) is 21.0. The van der Waals surface area contributed by atoms with Crippen molar-refractivity contribution >= 4 is 46.1 Å². The van der Waals surface area contributed by atoms with Crippen molar-refractivity contribution < 1.29 is 4.79 Å². The summed E-state index contributed by atoms with van der Waals surface area (Å²) in [7, 11) is 0. The molecule has 7 nitrogen and oxygen atoms in total. The third kappa shape index (κ3) is 4.44. The number of benzene rings is 2. The smallest absolute Gasteiger partial charge is 0.234 e. The van der Waals surface area contributed by atoms with Crippen LogP contribution in [0.15, 0.2) is 53.8 Å². The van der Waals surface area contributed by atoms with Gasteiger partial charge >= 0.3 is 0 Å². The molecule has 2 heterocycles. The second-order valence-electron chi connectivity index (χ2n) is 6.81. The first-order valence-corrected chi connectivity index (χ1v) is 10.6. The van der Waals surface area contributed by atoms with Crippen molar-refractivity contribution in [2.75, 3.05) is 11.1 Å². The summed E-state index contributed by atoms with van der Waals surface area (Å²) >= 11 is 7.26. The van der Waals surface area contributed by atoms with Gasteiger partial charge in [-0.3, -0.25) is 4.79 Å². The van der Waals surface area contributed by atoms with E-state index in [1.807, 2.05) is 56.3 Å². The number of nitrogens with zero attached hydrogens (tertiary/aromatic N) is 5. The van der Waals surface area contributed by atoms with Crippen LogP contribution in [0.1, 0.15) is 16.7 Å². The van der Waals surface area contributed by atoms with Gasteiger partial charge in [-0.05, 0) is 48.7 Å². The van der Waals surface area contributed by atoms with Crippen molar-refractivity contribution in [1.29, 1.82) is 0 Å². The van der Waals surface area contributed by atoms with Crippen LogP contribution in [-0.4, -0.2) is 36.6 Å². The third-order valence-electron chi connectivity index (χ3n) is 4.73. The number of aryl methyl sites for hydroxylation is 1. The monoisotopic (exact) mass is 438 g/mol. The number of rotatable bonds is 6. The quantitative estimate of drug-likeness (QED) is 0.357. The molecule has 1 amide bonds. The summed E-state index contributed by atoms with van der Waals surface area (Å²) in [5.74, 6) is 0.109. The van der Waals surface area contributed by atoms with Crippen LogP contribution in [-0.2, 0) is 11.3 Å². The lowest BCUT2D eigenvalue weighted by molar-refractivity contribution is -0.113. The first kappa shape index (κ1) is 20.3. The van der Waals surface area contributed by atoms with Crippen LogP contribution in [0, 0.1) is 13.8 Å². The zero-order valence-corrected chi connectivity index (χ0v) is 18.0. The maximum atomic E-state index is 12.4. The highest BCUT2D eigenvalue weighted by molar-refractivity contribution is 8.00. The highest BCUT2D eigenvalue weighted by Crippen LogP contribution is 2.24. The van der Waals surface area contributed by atoms with E-state index in [0.717, 1.165) is 22.4 Å². The van der Waals surface area contributed by atoms with Crippen LogP contribution in [0.5, 0.6) is 0 Å². The number of halogens is 1. The molecule has 0 aliphatic heterocycles. The van der Waals surface area contributed by atoms with Gasteiger partial charge in [0.1, 0.15) is 11.4 Å². The molecule has 0 unspecified atom stereocenters. The Balaban J connectivity index is 1.47. The lowest BCUT2D eigenvalue weighted by Gasteiger charge is -2.10. The van der Waals surface area contributed by atoms with Crippen LogP contribution < -0.4 is 5.32 Å². The van der Waals surface area contributed by atoms with Gasteiger partial charge in [0, 0.05) is 10.7 Å². The molecule has 1 N–H and O–H groups in total. The van der Waals surface area contributed by atoms with Crippen LogP contribution in [0.4, 0.5) is 5.69 Å². The predicted octanol–water partition coefficient (Wildman–Crippen LogP) is 4.27. The Labute approximate surface area is 182 Å². The average Bonchev–Trinajstić information content (AvgIpc) is 3.15. The minimum Gasteiger partial charge on any atom is -0.325 e. The maximum Gasteiger partial charge on any atom is 0.234 e. The van der Waals surface area contributed by atoms with Gasteiger partial charge < -0.3 is 5.32 Å². The van der Waals surface area contributed by atoms with Gasteiger partial charge in [0.15, 0.2) is 11.2 Å². The van der Waals surface area contributed by atoms with Crippen molar-refractivity contribution in [3.63, 3.8) is 0 Å². The number of hydrogen-bond donors (Lipinski definition) is 1. The third-order valence-corrected chi connectivity index (χ3v) is 5.96. The molecule has 0 atom stereocenters. The van der Waals surface area contributed by atoms with E-state index in [-0.39, 0.29) is 11.7 Å². The Kier molecular flexibility index (Phi) is 5.96. The van der Waals surface area contributed by atoms with Crippen molar-refractivity contribution in [2.24, 2.45) is 0 Å². The average molecular weight is 439 g/mol. The number of anilines is 1. The molecule has 9 heteroatoms. The molecular weight excluding hydrogens is 420 g/mol. The maximum absolute atomic E-state index is 12.4. The highest BCUT2D eigenvalue weighted by atomic mass is 35.5. The number of aromatic nitrogens is 5. The summed E-state index contributed by atoms with van der Waals surface area (Å²) in [6.45, 7) is 4.53. The van der Waals surface area contributed by atoms with Crippen LogP contribution >= 0.6 is 23.4 Å². The molecule has 0 saturated carbocycles. The Hall–Kier alpha value is -2.97. The molecule has 0 aliphatic rings. The van der Waals surface area contributed by atoms with Crippen molar-refractivity contribution in [2.45, 2.75) is 25.4 Å². The van der Waals surface area contributed by atoms with Gasteiger partial charge in [-0.1, -0.05) is 52.8 Å². The Morgan fingerprint density at radius 1 is 1.13 bits per heavy atom. The lowest BCUT2D eigenvalue weighted by Crippen LogP contribution is -2.15. The molecule has 0 aliphatic carbocycles. The number of hydrogen-bond acceptors (Lipinski definition) is 6. The fourth-order valence-corrected chi connectivity index (χ4v) is 3.81. The molecule has 4 rings (SSSR count). The van der Waals surface area contributed by atoms with Crippen molar-refractivity contribution in [3.8, 4) is 0 Å². The van der Waals surface area contributed by atoms with Crippen molar-refractivity contribution in [3.05, 3.63) is 70.5 Å². The Bertz CT molecular complexity index is 1210. The molecule has 0 radical (unpaired) electrons. The summed E-state index contributed by atoms with van der Waals surface area (Å²) in [6.07, 6.45) is 1.47. The number of fused-ring (bicyclic) bond motifs is 1. The number of nitrogens with one attached hydrogen (secondary N) is 1. The molecule has 30 heavy (non-hydrogen) atoms. The number of thioether (sulfide) groups is 1. The summed E-state index contributed by atoms with van der Waals surface area (Å²) in [5.41, 5.74) is 5.25. The van der Waals surface area contributed by atoms with E-state index in [0.29, 0.717) is 27.8 Å². The minimum atomic E-state index is -0.103.